The van der Waals surface area contributed by atoms with Crippen LogP contribution in [0.3, 0.4) is 0 Å². The highest BCUT2D eigenvalue weighted by Crippen LogP contribution is 2.36. The molecular formula is C19H17FN4O3S. The van der Waals surface area contributed by atoms with E-state index in [1.54, 1.807) is 24.3 Å². The number of pyridine rings is 1. The molecule has 0 bridgehead atoms. The molecule has 2 atom stereocenters. The number of aromatic nitrogens is 1. The minimum absolute atomic E-state index is 0.00980. The van der Waals surface area contributed by atoms with Gasteiger partial charge in [0.15, 0.2) is 0 Å². The molecule has 1 fully saturated rings. The molecule has 1 aromatic heterocycles. The van der Waals surface area contributed by atoms with E-state index in [0.717, 1.165) is 11.8 Å². The van der Waals surface area contributed by atoms with Gasteiger partial charge in [-0.25, -0.2) is 4.98 Å². The molecule has 1 saturated heterocycles. The second-order valence-electron chi connectivity index (χ2n) is 5.97. The summed E-state index contributed by atoms with van der Waals surface area (Å²) in [6.45, 7) is -0.0409. The van der Waals surface area contributed by atoms with Crippen LogP contribution in [0.5, 0.6) is 5.75 Å². The van der Waals surface area contributed by atoms with Gasteiger partial charge in [-0.1, -0.05) is 12.1 Å². The van der Waals surface area contributed by atoms with Crippen LogP contribution < -0.4 is 10.5 Å². The molecule has 0 aliphatic carbocycles. The predicted octanol–water partition coefficient (Wildman–Crippen LogP) is 2.27. The van der Waals surface area contributed by atoms with Gasteiger partial charge in [0.05, 0.1) is 25.5 Å². The van der Waals surface area contributed by atoms with E-state index in [1.165, 1.54) is 0 Å². The van der Waals surface area contributed by atoms with Crippen LogP contribution in [0.1, 0.15) is 11.1 Å². The fourth-order valence-electron chi connectivity index (χ4n) is 2.84. The van der Waals surface area contributed by atoms with Crippen molar-refractivity contribution in [2.75, 3.05) is 31.4 Å². The lowest BCUT2D eigenvalue weighted by Gasteiger charge is -2.16. The summed E-state index contributed by atoms with van der Waals surface area (Å²) < 4.78 is 23.4. The molecule has 0 amide bonds. The molecule has 28 heavy (non-hydrogen) atoms. The molecule has 2 aromatic rings. The van der Waals surface area contributed by atoms with Crippen LogP contribution in [0.2, 0.25) is 0 Å². The molecule has 1 aliphatic rings. The lowest BCUT2D eigenvalue weighted by Crippen LogP contribution is -2.29. The van der Waals surface area contributed by atoms with Gasteiger partial charge in [-0.05, 0) is 17.7 Å². The third-order valence-electron chi connectivity index (χ3n) is 4.16. The van der Waals surface area contributed by atoms with Gasteiger partial charge in [0.25, 0.3) is 0 Å². The monoisotopic (exact) mass is 400 g/mol. The number of halogens is 1. The molecular weight excluding hydrogens is 383 g/mol. The van der Waals surface area contributed by atoms with Crippen LogP contribution in [0.4, 0.5) is 10.2 Å². The minimum atomic E-state index is -0.690. The van der Waals surface area contributed by atoms with E-state index in [0.29, 0.717) is 28.5 Å². The number of nitrogens with zero attached hydrogens (tertiary/aromatic N) is 3. The number of nitrogen functional groups attached to an aromatic ring is 1. The smallest absolute Gasteiger partial charge is 0.150 e. The molecule has 9 heteroatoms. The minimum Gasteiger partial charge on any atom is -0.485 e. The molecule has 1 aliphatic heterocycles. The first-order valence-electron chi connectivity index (χ1n) is 8.44. The van der Waals surface area contributed by atoms with E-state index in [4.69, 9.17) is 15.2 Å². The zero-order valence-corrected chi connectivity index (χ0v) is 15.6. The number of aliphatic hydroxyl groups is 1. The van der Waals surface area contributed by atoms with E-state index >= 15 is 0 Å². The van der Waals surface area contributed by atoms with Crippen molar-refractivity contribution in [3.05, 3.63) is 35.4 Å². The molecule has 2 heterocycles. The second kappa shape index (κ2) is 8.89. The number of aliphatic hydroxyl groups excluding tert-OH is 1. The number of hydrogen-bond acceptors (Lipinski definition) is 8. The Balaban J connectivity index is 1.98. The van der Waals surface area contributed by atoms with Crippen molar-refractivity contribution in [2.45, 2.75) is 17.2 Å². The highest BCUT2D eigenvalue weighted by Gasteiger charge is 2.28. The van der Waals surface area contributed by atoms with Crippen molar-refractivity contribution in [1.82, 2.24) is 4.98 Å². The van der Waals surface area contributed by atoms with Crippen LogP contribution in [-0.2, 0) is 4.74 Å². The lowest BCUT2D eigenvalue weighted by atomic mass is 9.97. The normalized spacial score (nSPS) is 18.4. The van der Waals surface area contributed by atoms with Crippen LogP contribution in [-0.4, -0.2) is 47.9 Å². The Kier molecular flexibility index (Phi) is 6.32. The van der Waals surface area contributed by atoms with Crippen molar-refractivity contribution in [1.29, 1.82) is 10.5 Å². The van der Waals surface area contributed by atoms with E-state index in [9.17, 15) is 20.0 Å². The van der Waals surface area contributed by atoms with Crippen LogP contribution >= 0.6 is 11.8 Å². The Hall–Kier alpha value is -2.85. The third kappa shape index (κ3) is 4.02. The van der Waals surface area contributed by atoms with Crippen LogP contribution in [0.25, 0.3) is 11.1 Å². The zero-order valence-electron chi connectivity index (χ0n) is 14.8. The molecule has 1 aromatic carbocycles. The number of ether oxygens (including phenoxy) is 2. The highest BCUT2D eigenvalue weighted by molar-refractivity contribution is 7.99. The summed E-state index contributed by atoms with van der Waals surface area (Å²) >= 11 is 1.07. The fraction of sp³-hybridized carbons (Fsp3) is 0.316. The van der Waals surface area contributed by atoms with E-state index in [1.807, 2.05) is 6.07 Å². The van der Waals surface area contributed by atoms with E-state index < -0.39 is 18.9 Å². The predicted molar refractivity (Wildman–Crippen MR) is 101 cm³/mol. The molecule has 0 spiro atoms. The number of nitrogens with two attached hydrogens (primary N) is 1. The Labute approximate surface area is 165 Å². The van der Waals surface area contributed by atoms with E-state index in [2.05, 4.69) is 11.1 Å². The van der Waals surface area contributed by atoms with Crippen molar-refractivity contribution in [3.63, 3.8) is 0 Å². The molecule has 3 rings (SSSR count). The number of nitriles is 2. The van der Waals surface area contributed by atoms with Crippen molar-refractivity contribution in [2.24, 2.45) is 0 Å². The van der Waals surface area contributed by atoms with Crippen LogP contribution in [0.15, 0.2) is 29.3 Å². The molecule has 0 radical (unpaired) electrons. The SMILES string of the molecule is N#Cc1c(N)nc(SCCF)c(C#N)c1-c1ccc(O[C@H]2COC[C@@H]2O)cc1. The maximum atomic E-state index is 12.6. The first kappa shape index (κ1) is 19.9. The fourth-order valence-corrected chi connectivity index (χ4v) is 3.56. The highest BCUT2D eigenvalue weighted by atomic mass is 32.2. The summed E-state index contributed by atoms with van der Waals surface area (Å²) in [6.07, 6.45) is -1.14. The van der Waals surface area contributed by atoms with Crippen molar-refractivity contribution < 1.29 is 19.0 Å². The van der Waals surface area contributed by atoms with Crippen LogP contribution in [0, 0.1) is 22.7 Å². The van der Waals surface area contributed by atoms with Gasteiger partial charge in [0.2, 0.25) is 0 Å². The quantitative estimate of drug-likeness (QED) is 0.708. The van der Waals surface area contributed by atoms with Gasteiger partial charge in [-0.3, -0.25) is 4.39 Å². The maximum Gasteiger partial charge on any atom is 0.150 e. The summed E-state index contributed by atoms with van der Waals surface area (Å²) in [5.41, 5.74) is 7.11. The van der Waals surface area contributed by atoms with Crippen molar-refractivity contribution in [3.8, 4) is 29.0 Å². The molecule has 0 unspecified atom stereocenters. The Morgan fingerprint density at radius 2 is 1.96 bits per heavy atom. The van der Waals surface area contributed by atoms with Gasteiger partial charge in [0, 0.05) is 11.3 Å². The number of alkyl halides is 1. The number of thioether (sulfide) groups is 1. The standard InChI is InChI=1S/C19H17FN4O3S/c20-5-6-28-19-14(8-22)17(13(7-21)18(23)24-19)11-1-3-12(4-2-11)27-16-10-26-9-15(16)25/h1-4,15-16,25H,5-6,9-10H2,(H2,23,24)/t15-,16-/m0/s1. The average molecular weight is 400 g/mol. The van der Waals surface area contributed by atoms with Gasteiger partial charge < -0.3 is 20.3 Å². The van der Waals surface area contributed by atoms with E-state index in [-0.39, 0.29) is 29.3 Å². The van der Waals surface area contributed by atoms with Gasteiger partial charge in [0.1, 0.15) is 46.5 Å². The van der Waals surface area contributed by atoms with Gasteiger partial charge in [-0.15, -0.1) is 11.8 Å². The number of hydrogen-bond donors (Lipinski definition) is 2. The molecule has 144 valence electrons. The first-order valence-corrected chi connectivity index (χ1v) is 9.43. The zero-order chi connectivity index (χ0) is 20.1. The van der Waals surface area contributed by atoms with Crippen molar-refractivity contribution >= 4 is 17.6 Å². The van der Waals surface area contributed by atoms with Gasteiger partial charge in [-0.2, -0.15) is 10.5 Å². The lowest BCUT2D eigenvalue weighted by molar-refractivity contribution is 0.0733. The molecule has 7 nitrogen and oxygen atoms in total. The summed E-state index contributed by atoms with van der Waals surface area (Å²) in [5, 5.41) is 29.2. The third-order valence-corrected chi connectivity index (χ3v) is 5.09. The first-order chi connectivity index (χ1) is 13.6. The Bertz CT molecular complexity index is 940. The van der Waals surface area contributed by atoms with Gasteiger partial charge >= 0.3 is 0 Å². The molecule has 3 N–H and O–H groups in total. The average Bonchev–Trinajstić information content (AvgIpc) is 3.11. The summed E-state index contributed by atoms with van der Waals surface area (Å²) in [5.74, 6) is 0.638. The second-order valence-corrected chi connectivity index (χ2v) is 7.06. The largest absolute Gasteiger partial charge is 0.485 e. The number of rotatable bonds is 6. The maximum absolute atomic E-state index is 12.6. The number of anilines is 1. The molecule has 0 saturated carbocycles. The Morgan fingerprint density at radius 3 is 2.54 bits per heavy atom. The summed E-state index contributed by atoms with van der Waals surface area (Å²) in [6, 6.07) is 10.8. The topological polar surface area (TPSA) is 125 Å². The Morgan fingerprint density at radius 1 is 1.25 bits per heavy atom. The summed E-state index contributed by atoms with van der Waals surface area (Å²) in [4.78, 5) is 4.10. The summed E-state index contributed by atoms with van der Waals surface area (Å²) in [7, 11) is 0. The number of benzene rings is 1.